The smallest absolute Gasteiger partial charge is 0.234 e. The monoisotopic (exact) mass is 297 g/mol. The van der Waals surface area contributed by atoms with E-state index in [0.717, 1.165) is 25.7 Å². The number of hydrogen-bond donors (Lipinski definition) is 1. The molecule has 1 aromatic heterocycles. The summed E-state index contributed by atoms with van der Waals surface area (Å²) in [5.41, 5.74) is 5.29. The van der Waals surface area contributed by atoms with Gasteiger partial charge in [0.2, 0.25) is 11.7 Å². The summed E-state index contributed by atoms with van der Waals surface area (Å²) in [6, 6.07) is 0. The lowest BCUT2D eigenvalue weighted by Gasteiger charge is -2.32. The molecule has 6 heteroatoms. The lowest BCUT2D eigenvalue weighted by Crippen LogP contribution is -2.41. The van der Waals surface area contributed by atoms with Gasteiger partial charge < -0.3 is 19.7 Å². The van der Waals surface area contributed by atoms with Crippen LogP contribution >= 0.6 is 0 Å². The van der Waals surface area contributed by atoms with E-state index in [0.29, 0.717) is 38.1 Å². The van der Waals surface area contributed by atoms with E-state index in [2.05, 4.69) is 24.0 Å². The molecular weight excluding hydrogens is 270 g/mol. The van der Waals surface area contributed by atoms with Gasteiger partial charge in [-0.2, -0.15) is 4.98 Å². The normalized spacial score (nSPS) is 18.9. The zero-order chi connectivity index (χ0) is 15.3. The number of aromatic nitrogens is 2. The molecule has 0 spiro atoms. The van der Waals surface area contributed by atoms with Crippen LogP contribution in [0, 0.1) is 0 Å². The summed E-state index contributed by atoms with van der Waals surface area (Å²) in [6.07, 6.45) is 3.28. The molecule has 2 heterocycles. The van der Waals surface area contributed by atoms with Crippen LogP contribution < -0.4 is 5.73 Å². The van der Waals surface area contributed by atoms with Crippen LogP contribution in [0.3, 0.4) is 0 Å². The van der Waals surface area contributed by atoms with E-state index in [1.807, 2.05) is 6.92 Å². The average molecular weight is 297 g/mol. The minimum atomic E-state index is -0.461. The Bertz CT molecular complexity index is 408. The Hall–Kier alpha value is -0.980. The van der Waals surface area contributed by atoms with Crippen molar-refractivity contribution in [2.45, 2.75) is 57.5 Å². The Morgan fingerprint density at radius 2 is 1.90 bits per heavy atom. The van der Waals surface area contributed by atoms with Crippen molar-refractivity contribution < 1.29 is 14.0 Å². The molecule has 0 aromatic carbocycles. The Kier molecular flexibility index (Phi) is 5.35. The van der Waals surface area contributed by atoms with Gasteiger partial charge in [0.25, 0.3) is 0 Å². The quantitative estimate of drug-likeness (QED) is 0.830. The van der Waals surface area contributed by atoms with E-state index in [1.165, 1.54) is 0 Å². The molecular formula is C15H27N3O3. The molecule has 1 aromatic rings. The second-order valence-corrected chi connectivity index (χ2v) is 5.65. The summed E-state index contributed by atoms with van der Waals surface area (Å²) in [6.45, 7) is 8.66. The minimum Gasteiger partial charge on any atom is -0.381 e. The van der Waals surface area contributed by atoms with E-state index in [4.69, 9.17) is 19.7 Å². The zero-order valence-corrected chi connectivity index (χ0v) is 13.4. The maximum Gasteiger partial charge on any atom is 0.234 e. The Morgan fingerprint density at radius 1 is 1.24 bits per heavy atom. The summed E-state index contributed by atoms with van der Waals surface area (Å²) in [5.74, 6) is 1.28. The summed E-state index contributed by atoms with van der Waals surface area (Å²) in [7, 11) is 0. The second kappa shape index (κ2) is 6.85. The van der Waals surface area contributed by atoms with Crippen LogP contribution in [-0.2, 0) is 20.5 Å². The van der Waals surface area contributed by atoms with Crippen molar-refractivity contribution in [3.63, 3.8) is 0 Å². The SMILES string of the molecule is CCOC(CC)(CC)c1noc(C2(CN)CCOCC2)n1. The first-order chi connectivity index (χ1) is 10.2. The highest BCUT2D eigenvalue weighted by atomic mass is 16.5. The van der Waals surface area contributed by atoms with Gasteiger partial charge in [-0.25, -0.2) is 0 Å². The Balaban J connectivity index is 2.31. The molecule has 1 fully saturated rings. The van der Waals surface area contributed by atoms with Crippen molar-refractivity contribution in [1.29, 1.82) is 0 Å². The molecule has 0 bridgehead atoms. The van der Waals surface area contributed by atoms with Gasteiger partial charge in [-0.3, -0.25) is 0 Å². The molecule has 2 rings (SSSR count). The van der Waals surface area contributed by atoms with Crippen LogP contribution in [0.2, 0.25) is 0 Å². The molecule has 0 atom stereocenters. The van der Waals surface area contributed by atoms with Crippen LogP contribution in [0.5, 0.6) is 0 Å². The van der Waals surface area contributed by atoms with Gasteiger partial charge in [-0.15, -0.1) is 0 Å². The standard InChI is InChI=1S/C15H27N3O3/c1-4-15(5-2,20-6-3)12-17-13(21-18-12)14(11-16)7-9-19-10-8-14/h4-11,16H2,1-3H3. The Morgan fingerprint density at radius 3 is 2.43 bits per heavy atom. The molecule has 0 saturated carbocycles. The van der Waals surface area contributed by atoms with Crippen molar-refractivity contribution >= 4 is 0 Å². The highest BCUT2D eigenvalue weighted by Gasteiger charge is 2.41. The second-order valence-electron chi connectivity index (χ2n) is 5.65. The fourth-order valence-corrected chi connectivity index (χ4v) is 3.00. The van der Waals surface area contributed by atoms with E-state index in [1.54, 1.807) is 0 Å². The summed E-state index contributed by atoms with van der Waals surface area (Å²) in [4.78, 5) is 4.67. The van der Waals surface area contributed by atoms with Gasteiger partial charge in [0, 0.05) is 26.4 Å². The molecule has 120 valence electrons. The minimum absolute atomic E-state index is 0.247. The number of nitrogens with two attached hydrogens (primary N) is 1. The van der Waals surface area contributed by atoms with Crippen LogP contribution in [0.25, 0.3) is 0 Å². The molecule has 0 unspecified atom stereocenters. The number of hydrogen-bond acceptors (Lipinski definition) is 6. The predicted octanol–water partition coefficient (Wildman–Crippen LogP) is 2.13. The van der Waals surface area contributed by atoms with Gasteiger partial charge in [-0.1, -0.05) is 19.0 Å². The largest absolute Gasteiger partial charge is 0.381 e. The first kappa shape index (κ1) is 16.4. The van der Waals surface area contributed by atoms with E-state index in [-0.39, 0.29) is 5.41 Å². The topological polar surface area (TPSA) is 83.4 Å². The Labute approximate surface area is 126 Å². The van der Waals surface area contributed by atoms with Crippen LogP contribution in [0.15, 0.2) is 4.52 Å². The fraction of sp³-hybridized carbons (Fsp3) is 0.867. The van der Waals surface area contributed by atoms with Gasteiger partial charge in [-0.05, 0) is 32.6 Å². The van der Waals surface area contributed by atoms with Gasteiger partial charge in [0.1, 0.15) is 5.60 Å². The molecule has 1 aliphatic rings. The van der Waals surface area contributed by atoms with Crippen molar-refractivity contribution in [3.8, 4) is 0 Å². The highest BCUT2D eigenvalue weighted by Crippen LogP contribution is 2.36. The van der Waals surface area contributed by atoms with Crippen LogP contribution in [0.1, 0.15) is 58.2 Å². The lowest BCUT2D eigenvalue weighted by molar-refractivity contribution is -0.0583. The highest BCUT2D eigenvalue weighted by molar-refractivity contribution is 5.11. The van der Waals surface area contributed by atoms with Crippen molar-refractivity contribution in [1.82, 2.24) is 10.1 Å². The summed E-state index contributed by atoms with van der Waals surface area (Å²) < 4.78 is 17.0. The molecule has 0 aliphatic carbocycles. The number of rotatable bonds is 7. The van der Waals surface area contributed by atoms with Crippen molar-refractivity contribution in [2.24, 2.45) is 5.73 Å². The molecule has 1 saturated heterocycles. The summed E-state index contributed by atoms with van der Waals surface area (Å²) >= 11 is 0. The number of nitrogens with zero attached hydrogens (tertiary/aromatic N) is 2. The maximum absolute atomic E-state index is 6.00. The van der Waals surface area contributed by atoms with E-state index >= 15 is 0 Å². The van der Waals surface area contributed by atoms with Crippen LogP contribution in [-0.4, -0.2) is 36.5 Å². The van der Waals surface area contributed by atoms with Crippen molar-refractivity contribution in [2.75, 3.05) is 26.4 Å². The van der Waals surface area contributed by atoms with Gasteiger partial charge in [0.15, 0.2) is 0 Å². The molecule has 6 nitrogen and oxygen atoms in total. The number of ether oxygens (including phenoxy) is 2. The van der Waals surface area contributed by atoms with E-state index in [9.17, 15) is 0 Å². The average Bonchev–Trinajstić information content (AvgIpc) is 3.04. The molecule has 0 amide bonds. The lowest BCUT2D eigenvalue weighted by atomic mass is 9.80. The third-order valence-corrected chi connectivity index (χ3v) is 4.69. The van der Waals surface area contributed by atoms with Gasteiger partial charge in [0.05, 0.1) is 5.41 Å². The third-order valence-electron chi connectivity index (χ3n) is 4.69. The molecule has 0 radical (unpaired) electrons. The molecule has 21 heavy (non-hydrogen) atoms. The summed E-state index contributed by atoms with van der Waals surface area (Å²) in [5, 5.41) is 4.21. The first-order valence-corrected chi connectivity index (χ1v) is 7.93. The maximum atomic E-state index is 6.00. The van der Waals surface area contributed by atoms with Crippen molar-refractivity contribution in [3.05, 3.63) is 11.7 Å². The fourth-order valence-electron chi connectivity index (χ4n) is 3.00. The first-order valence-electron chi connectivity index (χ1n) is 7.93. The molecule has 2 N–H and O–H groups in total. The predicted molar refractivity (Wildman–Crippen MR) is 79.0 cm³/mol. The van der Waals surface area contributed by atoms with Crippen LogP contribution in [0.4, 0.5) is 0 Å². The molecule has 1 aliphatic heterocycles. The third kappa shape index (κ3) is 2.98. The van der Waals surface area contributed by atoms with Gasteiger partial charge >= 0.3 is 0 Å². The van der Waals surface area contributed by atoms with E-state index < -0.39 is 5.60 Å². The zero-order valence-electron chi connectivity index (χ0n) is 13.4.